The van der Waals surface area contributed by atoms with Crippen molar-refractivity contribution in [2.24, 2.45) is 5.92 Å². The van der Waals surface area contributed by atoms with Gasteiger partial charge < -0.3 is 0 Å². The summed E-state index contributed by atoms with van der Waals surface area (Å²) in [6.45, 7) is 19.8. The molecular formula is C27H39SiZr+. The number of aryl methyl sites for hydroxylation is 2. The first-order valence-electron chi connectivity index (χ1n) is 11.8. The van der Waals surface area contributed by atoms with Gasteiger partial charge in [-0.15, -0.1) is 0 Å². The van der Waals surface area contributed by atoms with Crippen molar-refractivity contribution < 1.29 is 20.9 Å². The van der Waals surface area contributed by atoms with Crippen LogP contribution in [0.2, 0.25) is 16.7 Å². The summed E-state index contributed by atoms with van der Waals surface area (Å²) < 4.78 is 1.66. The molecule has 1 aromatic carbocycles. The fourth-order valence-corrected chi connectivity index (χ4v) is 29.2. The molecule has 1 aromatic rings. The summed E-state index contributed by atoms with van der Waals surface area (Å²) in [6.07, 6.45) is 8.04. The topological polar surface area (TPSA) is 0 Å². The van der Waals surface area contributed by atoms with Gasteiger partial charge in [0.05, 0.1) is 0 Å². The molecule has 3 aliphatic carbocycles. The van der Waals surface area contributed by atoms with Crippen LogP contribution in [0.15, 0.2) is 40.5 Å². The second kappa shape index (κ2) is 8.23. The first-order chi connectivity index (χ1) is 13.7. The third-order valence-corrected chi connectivity index (χ3v) is 29.9. The molecule has 154 valence electrons. The zero-order valence-electron chi connectivity index (χ0n) is 19.9. The van der Waals surface area contributed by atoms with E-state index in [4.69, 9.17) is 0 Å². The standard InChI is InChI=1S/C16H19.C9H13.C2H7Si.Zr/c1-11(2)8-14-6-7-15-9-12-4-3-5-13(12)10-16(14)15;1-6-5-7(2)9(4)8(6)3;1-3-2;/h6-7,9-11H,3-5,8H2,1-2H3;5H,1-4H3;3H,1-2H3;/q;;;+1. The van der Waals surface area contributed by atoms with Crippen LogP contribution in [-0.4, -0.2) is 5.92 Å². The van der Waals surface area contributed by atoms with E-state index in [1.54, 1.807) is 50.1 Å². The Labute approximate surface area is 187 Å². The monoisotopic (exact) mass is 481 g/mol. The molecule has 0 bridgehead atoms. The summed E-state index contributed by atoms with van der Waals surface area (Å²) in [6, 6.07) is 5.32. The molecule has 0 radical (unpaired) electrons. The first-order valence-corrected chi connectivity index (χ1v) is 21.8. The maximum absolute atomic E-state index is 2.81. The van der Waals surface area contributed by atoms with Gasteiger partial charge in [0.1, 0.15) is 0 Å². The molecule has 0 nitrogen and oxygen atoms in total. The van der Waals surface area contributed by atoms with Crippen molar-refractivity contribution in [2.45, 2.75) is 87.6 Å². The molecule has 1 unspecified atom stereocenters. The van der Waals surface area contributed by atoms with Gasteiger partial charge in [-0.1, -0.05) is 0 Å². The van der Waals surface area contributed by atoms with E-state index in [1.165, 1.54) is 25.7 Å². The molecule has 0 spiro atoms. The summed E-state index contributed by atoms with van der Waals surface area (Å²) in [5.41, 5.74) is 15.2. The van der Waals surface area contributed by atoms with Crippen molar-refractivity contribution in [1.82, 2.24) is 0 Å². The number of hydrogen-bond acceptors (Lipinski definition) is 0. The number of benzene rings is 1. The fraction of sp³-hybridized carbons (Fsp3) is 0.556. The van der Waals surface area contributed by atoms with E-state index in [2.05, 4.69) is 72.8 Å². The molecular weight excluding hydrogens is 444 g/mol. The number of allylic oxidation sites excluding steroid dienone is 6. The van der Waals surface area contributed by atoms with E-state index in [-0.39, 0.29) is 0 Å². The van der Waals surface area contributed by atoms with Crippen LogP contribution in [0.5, 0.6) is 0 Å². The third-order valence-electron chi connectivity index (χ3n) is 7.91. The normalized spacial score (nSPS) is 21.6. The van der Waals surface area contributed by atoms with Gasteiger partial charge in [-0.25, -0.2) is 0 Å². The van der Waals surface area contributed by atoms with Gasteiger partial charge in [0, 0.05) is 0 Å². The first kappa shape index (κ1) is 21.8. The van der Waals surface area contributed by atoms with Crippen molar-refractivity contribution in [3.8, 4) is 0 Å². The van der Waals surface area contributed by atoms with Crippen LogP contribution in [-0.2, 0) is 33.8 Å². The van der Waals surface area contributed by atoms with Crippen LogP contribution in [0, 0.1) is 5.92 Å². The molecule has 2 heteroatoms. The third kappa shape index (κ3) is 3.71. The van der Waals surface area contributed by atoms with Crippen LogP contribution >= 0.6 is 0 Å². The number of hydrogen-bond donors (Lipinski definition) is 0. The van der Waals surface area contributed by atoms with Crippen molar-refractivity contribution in [1.29, 1.82) is 0 Å². The second-order valence-corrected chi connectivity index (χ2v) is 30.7. The molecule has 0 aliphatic heterocycles. The van der Waals surface area contributed by atoms with Crippen LogP contribution in [0.1, 0.15) is 80.3 Å². The quantitative estimate of drug-likeness (QED) is 0.376. The summed E-state index contributed by atoms with van der Waals surface area (Å²) >= 11 is -1.75. The molecule has 0 saturated heterocycles. The average molecular weight is 483 g/mol. The molecule has 29 heavy (non-hydrogen) atoms. The van der Waals surface area contributed by atoms with Gasteiger partial charge in [-0.2, -0.15) is 0 Å². The van der Waals surface area contributed by atoms with Crippen molar-refractivity contribution in [3.63, 3.8) is 0 Å². The minimum absolute atomic E-state index is 0.683. The molecule has 0 N–H and O–H groups in total. The summed E-state index contributed by atoms with van der Waals surface area (Å²) in [5, 5.41) is 0. The zero-order valence-corrected chi connectivity index (χ0v) is 23.5. The zero-order chi connectivity index (χ0) is 21.0. The maximum atomic E-state index is 2.81. The predicted molar refractivity (Wildman–Crippen MR) is 128 cm³/mol. The Kier molecular flexibility index (Phi) is 6.18. The Bertz CT molecular complexity index is 904. The number of rotatable bonds is 5. The predicted octanol–water partition coefficient (Wildman–Crippen LogP) is 7.74. The molecule has 0 heterocycles. The SMILES string of the molecule is CC1=C(C)[CH]([Zr+]([CH]2C=C(CC(C)C)c3cc4c(cc32)CCC4)[SiH](C)C)C(C)=C1C. The second-order valence-electron chi connectivity index (χ2n) is 10.5. The molecule has 0 fully saturated rings. The Morgan fingerprint density at radius 3 is 2.10 bits per heavy atom. The van der Waals surface area contributed by atoms with Gasteiger partial charge >= 0.3 is 189 Å². The van der Waals surface area contributed by atoms with Gasteiger partial charge in [0.2, 0.25) is 0 Å². The van der Waals surface area contributed by atoms with Gasteiger partial charge in [-0.05, 0) is 0 Å². The molecule has 3 aliphatic rings. The van der Waals surface area contributed by atoms with E-state index < -0.39 is 26.8 Å². The summed E-state index contributed by atoms with van der Waals surface area (Å²) in [5.74, 6) is 0.0570. The van der Waals surface area contributed by atoms with E-state index in [0.717, 1.165) is 13.2 Å². The fourth-order valence-electron chi connectivity index (χ4n) is 6.17. The van der Waals surface area contributed by atoms with Gasteiger partial charge in [-0.3, -0.25) is 0 Å². The molecule has 0 saturated carbocycles. The Morgan fingerprint density at radius 1 is 0.966 bits per heavy atom. The van der Waals surface area contributed by atoms with Gasteiger partial charge in [0.25, 0.3) is 0 Å². The Balaban J connectivity index is 1.84. The summed E-state index contributed by atoms with van der Waals surface area (Å²) in [4.78, 5) is 0. The average Bonchev–Trinajstić information content (AvgIpc) is 3.30. The van der Waals surface area contributed by atoms with E-state index in [0.29, 0.717) is 0 Å². The molecule has 0 aromatic heterocycles. The van der Waals surface area contributed by atoms with Crippen molar-refractivity contribution >= 4 is 11.5 Å². The van der Waals surface area contributed by atoms with Gasteiger partial charge in [0.15, 0.2) is 0 Å². The van der Waals surface area contributed by atoms with Crippen LogP contribution in [0.4, 0.5) is 0 Å². The van der Waals surface area contributed by atoms with Crippen LogP contribution in [0.3, 0.4) is 0 Å². The molecule has 1 atom stereocenters. The van der Waals surface area contributed by atoms with Crippen LogP contribution < -0.4 is 0 Å². The Hall–Kier alpha value is -0.460. The van der Waals surface area contributed by atoms with Crippen molar-refractivity contribution in [3.05, 3.63) is 62.8 Å². The molecule has 4 rings (SSSR count). The van der Waals surface area contributed by atoms with E-state index >= 15 is 0 Å². The number of fused-ring (bicyclic) bond motifs is 2. The van der Waals surface area contributed by atoms with E-state index in [1.807, 2.05) is 0 Å². The minimum atomic E-state index is -1.75. The Morgan fingerprint density at radius 2 is 1.55 bits per heavy atom. The van der Waals surface area contributed by atoms with Crippen molar-refractivity contribution in [2.75, 3.05) is 0 Å². The summed E-state index contributed by atoms with van der Waals surface area (Å²) in [7, 11) is 0. The van der Waals surface area contributed by atoms with E-state index in [9.17, 15) is 0 Å². The molecule has 0 amide bonds. The van der Waals surface area contributed by atoms with Crippen LogP contribution in [0.25, 0.3) is 5.57 Å².